The van der Waals surface area contributed by atoms with Crippen LogP contribution in [0.25, 0.3) is 0 Å². The summed E-state index contributed by atoms with van der Waals surface area (Å²) in [6.45, 7) is 6.68. The van der Waals surface area contributed by atoms with Crippen LogP contribution in [0.5, 0.6) is 0 Å². The summed E-state index contributed by atoms with van der Waals surface area (Å²) < 4.78 is 5.16. The lowest BCUT2D eigenvalue weighted by Gasteiger charge is -2.25. The van der Waals surface area contributed by atoms with Gasteiger partial charge in [0.2, 0.25) is 5.91 Å². The molecule has 1 heterocycles. The van der Waals surface area contributed by atoms with Crippen molar-refractivity contribution in [1.82, 2.24) is 15.5 Å². The van der Waals surface area contributed by atoms with Gasteiger partial charge in [0, 0.05) is 19.1 Å². The molecule has 0 aromatic rings. The van der Waals surface area contributed by atoms with Crippen LogP contribution in [-0.2, 0) is 9.53 Å². The first-order valence-electron chi connectivity index (χ1n) is 5.48. The number of urea groups is 1. The molecule has 0 spiro atoms. The number of nitrogens with zero attached hydrogens (tertiary/aromatic N) is 1. The van der Waals surface area contributed by atoms with Crippen LogP contribution in [0.1, 0.15) is 13.8 Å². The highest BCUT2D eigenvalue weighted by molar-refractivity contribution is 5.95. The molecule has 3 amide bonds. The van der Waals surface area contributed by atoms with Gasteiger partial charge < -0.3 is 10.1 Å². The largest absolute Gasteiger partial charge is 0.379 e. The number of carbonyl (C=O) groups is 2. The molecule has 6 nitrogen and oxygen atoms in total. The van der Waals surface area contributed by atoms with E-state index in [-0.39, 0.29) is 18.5 Å². The molecule has 0 saturated carbocycles. The lowest BCUT2D eigenvalue weighted by Crippen LogP contribution is -2.48. The van der Waals surface area contributed by atoms with Crippen LogP contribution >= 0.6 is 0 Å². The summed E-state index contributed by atoms with van der Waals surface area (Å²) >= 11 is 0. The number of hydrogen-bond acceptors (Lipinski definition) is 4. The van der Waals surface area contributed by atoms with Crippen LogP contribution in [0.15, 0.2) is 0 Å². The van der Waals surface area contributed by atoms with E-state index in [9.17, 15) is 9.59 Å². The first-order chi connectivity index (χ1) is 7.58. The van der Waals surface area contributed by atoms with Gasteiger partial charge in [0.1, 0.15) is 0 Å². The lowest BCUT2D eigenvalue weighted by atomic mass is 10.4. The average Bonchev–Trinajstić information content (AvgIpc) is 2.17. The van der Waals surface area contributed by atoms with E-state index in [1.54, 1.807) is 0 Å². The third kappa shape index (κ3) is 5.09. The molecule has 6 heteroatoms. The van der Waals surface area contributed by atoms with Gasteiger partial charge in [-0.25, -0.2) is 4.79 Å². The Morgan fingerprint density at radius 2 is 1.94 bits per heavy atom. The van der Waals surface area contributed by atoms with Gasteiger partial charge in [-0.15, -0.1) is 0 Å². The zero-order chi connectivity index (χ0) is 12.0. The normalized spacial score (nSPS) is 17.2. The molecule has 0 aliphatic carbocycles. The second-order valence-electron chi connectivity index (χ2n) is 4.06. The van der Waals surface area contributed by atoms with E-state index in [2.05, 4.69) is 10.6 Å². The molecule has 1 saturated heterocycles. The molecule has 1 fully saturated rings. The SMILES string of the molecule is CC(C)NC(=O)NC(=O)CN1CCOCC1. The maximum Gasteiger partial charge on any atom is 0.321 e. The number of carbonyl (C=O) groups excluding carboxylic acids is 2. The van der Waals surface area contributed by atoms with Crippen molar-refractivity contribution < 1.29 is 14.3 Å². The number of rotatable bonds is 3. The molecule has 1 aliphatic heterocycles. The predicted molar refractivity (Wildman–Crippen MR) is 59.1 cm³/mol. The molecule has 0 radical (unpaired) electrons. The Morgan fingerprint density at radius 1 is 1.31 bits per heavy atom. The zero-order valence-corrected chi connectivity index (χ0v) is 9.78. The van der Waals surface area contributed by atoms with Gasteiger partial charge >= 0.3 is 6.03 Å². The molecule has 0 bridgehead atoms. The Labute approximate surface area is 95.3 Å². The fraction of sp³-hybridized carbons (Fsp3) is 0.800. The van der Waals surface area contributed by atoms with Crippen LogP contribution in [-0.4, -0.2) is 55.7 Å². The summed E-state index contributed by atoms with van der Waals surface area (Å²) in [6, 6.07) is -0.413. The van der Waals surface area contributed by atoms with Gasteiger partial charge in [-0.3, -0.25) is 15.0 Å². The van der Waals surface area contributed by atoms with Crippen LogP contribution in [0.3, 0.4) is 0 Å². The molecule has 1 aliphatic rings. The van der Waals surface area contributed by atoms with E-state index in [1.807, 2.05) is 18.7 Å². The fourth-order valence-electron chi connectivity index (χ4n) is 1.43. The maximum absolute atomic E-state index is 11.4. The summed E-state index contributed by atoms with van der Waals surface area (Å²) in [5.74, 6) is -0.278. The summed E-state index contributed by atoms with van der Waals surface area (Å²) in [5, 5.41) is 4.88. The second kappa shape index (κ2) is 6.44. The first kappa shape index (κ1) is 12.9. The number of hydrogen-bond donors (Lipinski definition) is 2. The van der Waals surface area contributed by atoms with E-state index in [4.69, 9.17) is 4.74 Å². The van der Waals surface area contributed by atoms with E-state index in [0.29, 0.717) is 13.2 Å². The highest BCUT2D eigenvalue weighted by Crippen LogP contribution is 1.95. The molecule has 0 unspecified atom stereocenters. The molecule has 0 aromatic carbocycles. The summed E-state index contributed by atoms with van der Waals surface area (Å²) in [6.07, 6.45) is 0. The van der Waals surface area contributed by atoms with Gasteiger partial charge in [0.15, 0.2) is 0 Å². The van der Waals surface area contributed by atoms with E-state index in [0.717, 1.165) is 13.1 Å². The molecular weight excluding hydrogens is 210 g/mol. The highest BCUT2D eigenvalue weighted by atomic mass is 16.5. The van der Waals surface area contributed by atoms with Crippen molar-refractivity contribution in [2.45, 2.75) is 19.9 Å². The van der Waals surface area contributed by atoms with Crippen LogP contribution in [0.4, 0.5) is 4.79 Å². The van der Waals surface area contributed by atoms with Crippen LogP contribution in [0, 0.1) is 0 Å². The second-order valence-corrected chi connectivity index (χ2v) is 4.06. The fourth-order valence-corrected chi connectivity index (χ4v) is 1.43. The topological polar surface area (TPSA) is 70.7 Å². The van der Waals surface area contributed by atoms with Crippen LogP contribution < -0.4 is 10.6 Å². The molecule has 0 aromatic heterocycles. The first-order valence-corrected chi connectivity index (χ1v) is 5.48. The van der Waals surface area contributed by atoms with Crippen molar-refractivity contribution in [3.8, 4) is 0 Å². The Morgan fingerprint density at radius 3 is 2.50 bits per heavy atom. The van der Waals surface area contributed by atoms with Crippen molar-refractivity contribution >= 4 is 11.9 Å². The minimum atomic E-state index is -0.437. The van der Waals surface area contributed by atoms with Gasteiger partial charge in [-0.05, 0) is 13.8 Å². The number of amides is 3. The van der Waals surface area contributed by atoms with E-state index < -0.39 is 6.03 Å². The van der Waals surface area contributed by atoms with Crippen molar-refractivity contribution in [3.05, 3.63) is 0 Å². The Bertz CT molecular complexity index is 250. The molecule has 2 N–H and O–H groups in total. The number of morpholine rings is 1. The Hall–Kier alpha value is -1.14. The quantitative estimate of drug-likeness (QED) is 0.688. The average molecular weight is 229 g/mol. The summed E-state index contributed by atoms with van der Waals surface area (Å²) in [5.41, 5.74) is 0. The maximum atomic E-state index is 11.4. The predicted octanol–water partition coefficient (Wildman–Crippen LogP) is -0.447. The monoisotopic (exact) mass is 229 g/mol. The zero-order valence-electron chi connectivity index (χ0n) is 9.78. The van der Waals surface area contributed by atoms with E-state index in [1.165, 1.54) is 0 Å². The Kier molecular flexibility index (Phi) is 5.21. The van der Waals surface area contributed by atoms with Crippen molar-refractivity contribution in [2.24, 2.45) is 0 Å². The molecule has 16 heavy (non-hydrogen) atoms. The number of ether oxygens (including phenoxy) is 1. The lowest BCUT2D eigenvalue weighted by molar-refractivity contribution is -0.122. The van der Waals surface area contributed by atoms with Crippen molar-refractivity contribution in [3.63, 3.8) is 0 Å². The molecule has 0 atom stereocenters. The van der Waals surface area contributed by atoms with Crippen LogP contribution in [0.2, 0.25) is 0 Å². The third-order valence-corrected chi connectivity index (χ3v) is 2.14. The van der Waals surface area contributed by atoms with Crippen molar-refractivity contribution in [2.75, 3.05) is 32.8 Å². The van der Waals surface area contributed by atoms with E-state index >= 15 is 0 Å². The summed E-state index contributed by atoms with van der Waals surface area (Å²) in [7, 11) is 0. The van der Waals surface area contributed by atoms with Gasteiger partial charge in [0.25, 0.3) is 0 Å². The molecule has 92 valence electrons. The number of imide groups is 1. The minimum absolute atomic E-state index is 0.0242. The molecular formula is C10H19N3O3. The van der Waals surface area contributed by atoms with Gasteiger partial charge in [-0.1, -0.05) is 0 Å². The number of nitrogens with one attached hydrogen (secondary N) is 2. The molecule has 1 rings (SSSR count). The smallest absolute Gasteiger partial charge is 0.321 e. The van der Waals surface area contributed by atoms with Gasteiger partial charge in [-0.2, -0.15) is 0 Å². The minimum Gasteiger partial charge on any atom is -0.379 e. The standard InChI is InChI=1S/C10H19N3O3/c1-8(2)11-10(15)12-9(14)7-13-3-5-16-6-4-13/h8H,3-7H2,1-2H3,(H2,11,12,14,15). The third-order valence-electron chi connectivity index (χ3n) is 2.14. The van der Waals surface area contributed by atoms with Crippen molar-refractivity contribution in [1.29, 1.82) is 0 Å². The summed E-state index contributed by atoms with van der Waals surface area (Å²) in [4.78, 5) is 24.6. The Balaban J connectivity index is 2.21. The highest BCUT2D eigenvalue weighted by Gasteiger charge is 2.15. The van der Waals surface area contributed by atoms with Gasteiger partial charge in [0.05, 0.1) is 19.8 Å².